The van der Waals surface area contributed by atoms with Gasteiger partial charge >= 0.3 is 0 Å². The maximum atomic E-state index is 13.0. The molecule has 0 radical (unpaired) electrons. The van der Waals surface area contributed by atoms with E-state index in [-0.39, 0.29) is 11.4 Å². The highest BCUT2D eigenvalue weighted by atomic mass is 19.2. The number of rotatable bonds is 3. The first-order chi connectivity index (χ1) is 9.51. The van der Waals surface area contributed by atoms with Gasteiger partial charge in [0.05, 0.1) is 12.4 Å². The van der Waals surface area contributed by atoms with Gasteiger partial charge in [-0.25, -0.2) is 23.1 Å². The van der Waals surface area contributed by atoms with Crippen LogP contribution in [0.15, 0.2) is 24.5 Å². The summed E-state index contributed by atoms with van der Waals surface area (Å²) in [5.41, 5.74) is -0.264. The number of hydrogen-bond acceptors (Lipinski definition) is 4. The van der Waals surface area contributed by atoms with Gasteiger partial charge in [-0.1, -0.05) is 0 Å². The Morgan fingerprint density at radius 2 is 1.75 bits per heavy atom. The average molecular weight is 282 g/mol. The molecular weight excluding hydrogens is 273 g/mol. The van der Waals surface area contributed by atoms with Crippen molar-refractivity contribution >= 4 is 17.4 Å². The van der Waals surface area contributed by atoms with Crippen molar-refractivity contribution in [2.24, 2.45) is 0 Å². The van der Waals surface area contributed by atoms with Crippen LogP contribution in [0.25, 0.3) is 0 Å². The van der Waals surface area contributed by atoms with Gasteiger partial charge in [0.1, 0.15) is 11.5 Å². The number of nitrogens with one attached hydrogen (secondary N) is 2. The number of nitrogens with zero attached hydrogens (tertiary/aromatic N) is 2. The van der Waals surface area contributed by atoms with Crippen molar-refractivity contribution in [1.29, 1.82) is 0 Å². The van der Waals surface area contributed by atoms with E-state index in [0.29, 0.717) is 18.0 Å². The third-order valence-electron chi connectivity index (χ3n) is 2.38. The maximum Gasteiger partial charge on any atom is 0.275 e. The highest BCUT2D eigenvalue weighted by molar-refractivity contribution is 6.02. The molecule has 0 aliphatic heterocycles. The molecule has 0 saturated heterocycles. The number of halogens is 3. The number of carbonyl (C=O) groups excluding carboxylic acids is 1. The Morgan fingerprint density at radius 1 is 1.10 bits per heavy atom. The van der Waals surface area contributed by atoms with E-state index in [9.17, 15) is 18.0 Å². The van der Waals surface area contributed by atoms with Gasteiger partial charge in [-0.2, -0.15) is 0 Å². The van der Waals surface area contributed by atoms with Crippen LogP contribution in [0, 0.1) is 17.5 Å². The molecule has 2 rings (SSSR count). The maximum absolute atomic E-state index is 13.0. The topological polar surface area (TPSA) is 66.9 Å². The van der Waals surface area contributed by atoms with Gasteiger partial charge < -0.3 is 10.6 Å². The summed E-state index contributed by atoms with van der Waals surface area (Å²) in [4.78, 5) is 19.4. The Hall–Kier alpha value is -2.64. The van der Waals surface area contributed by atoms with E-state index in [2.05, 4.69) is 20.6 Å². The molecule has 0 aliphatic carbocycles. The van der Waals surface area contributed by atoms with Crippen LogP contribution in [0.4, 0.5) is 24.7 Å². The standard InChI is InChI=1S/C12H9F3N4O/c1-16-10-5-17-9(4-18-10)12(20)19-6-2-7(13)11(15)8(14)3-6/h2-5H,1H3,(H,16,18)(H,19,20). The largest absolute Gasteiger partial charge is 0.372 e. The Morgan fingerprint density at radius 3 is 2.25 bits per heavy atom. The SMILES string of the molecule is CNc1cnc(C(=O)Nc2cc(F)c(F)c(F)c2)cn1. The van der Waals surface area contributed by atoms with Gasteiger partial charge in [0.2, 0.25) is 0 Å². The first kappa shape index (κ1) is 13.8. The van der Waals surface area contributed by atoms with Crippen LogP contribution in [0.1, 0.15) is 10.5 Å². The predicted octanol–water partition coefficient (Wildman–Crippen LogP) is 2.19. The highest BCUT2D eigenvalue weighted by Crippen LogP contribution is 2.17. The summed E-state index contributed by atoms with van der Waals surface area (Å²) in [6.45, 7) is 0. The molecule has 0 saturated carbocycles. The minimum atomic E-state index is -1.60. The Balaban J connectivity index is 2.18. The molecule has 1 amide bonds. The molecule has 0 atom stereocenters. The lowest BCUT2D eigenvalue weighted by atomic mass is 10.2. The number of carbonyl (C=O) groups is 1. The van der Waals surface area contributed by atoms with Crippen LogP contribution in [-0.4, -0.2) is 22.9 Å². The molecular formula is C12H9F3N4O. The lowest BCUT2D eigenvalue weighted by Gasteiger charge is -2.06. The first-order valence-electron chi connectivity index (χ1n) is 5.47. The van der Waals surface area contributed by atoms with Crippen LogP contribution in [-0.2, 0) is 0 Å². The Kier molecular flexibility index (Phi) is 3.83. The summed E-state index contributed by atoms with van der Waals surface area (Å²) in [6.07, 6.45) is 2.51. The third-order valence-corrected chi connectivity index (χ3v) is 2.38. The van der Waals surface area contributed by atoms with Crippen LogP contribution >= 0.6 is 0 Å². The summed E-state index contributed by atoms with van der Waals surface area (Å²) < 4.78 is 38.7. The fraction of sp³-hybridized carbons (Fsp3) is 0.0833. The normalized spacial score (nSPS) is 10.2. The number of aromatic nitrogens is 2. The third kappa shape index (κ3) is 2.85. The predicted molar refractivity (Wildman–Crippen MR) is 65.8 cm³/mol. The van der Waals surface area contributed by atoms with Crippen LogP contribution < -0.4 is 10.6 Å². The Labute approximate surface area is 111 Å². The highest BCUT2D eigenvalue weighted by Gasteiger charge is 2.14. The molecule has 2 aromatic rings. The zero-order chi connectivity index (χ0) is 14.7. The summed E-state index contributed by atoms with van der Waals surface area (Å²) in [6, 6.07) is 1.34. The molecule has 2 N–H and O–H groups in total. The van der Waals surface area contributed by atoms with Gasteiger partial charge in [0, 0.05) is 24.9 Å². The molecule has 0 unspecified atom stereocenters. The van der Waals surface area contributed by atoms with Crippen molar-refractivity contribution in [3.8, 4) is 0 Å². The van der Waals surface area contributed by atoms with E-state index < -0.39 is 23.4 Å². The summed E-state index contributed by atoms with van der Waals surface area (Å²) in [7, 11) is 1.63. The molecule has 1 aromatic heterocycles. The van der Waals surface area contributed by atoms with Gasteiger partial charge in [-0.3, -0.25) is 4.79 Å². The summed E-state index contributed by atoms with van der Waals surface area (Å²) in [5.74, 6) is -4.64. The second kappa shape index (κ2) is 5.55. The fourth-order valence-electron chi connectivity index (χ4n) is 1.40. The van der Waals surface area contributed by atoms with Crippen molar-refractivity contribution in [2.45, 2.75) is 0 Å². The van der Waals surface area contributed by atoms with Gasteiger partial charge in [-0.05, 0) is 0 Å². The lowest BCUT2D eigenvalue weighted by molar-refractivity contribution is 0.102. The van der Waals surface area contributed by atoms with E-state index in [0.717, 1.165) is 0 Å². The minimum absolute atomic E-state index is 0.0471. The minimum Gasteiger partial charge on any atom is -0.372 e. The first-order valence-corrected chi connectivity index (χ1v) is 5.47. The molecule has 0 fully saturated rings. The van der Waals surface area contributed by atoms with E-state index in [1.165, 1.54) is 12.4 Å². The van der Waals surface area contributed by atoms with E-state index in [4.69, 9.17) is 0 Å². The van der Waals surface area contributed by atoms with Gasteiger partial charge in [0.25, 0.3) is 5.91 Å². The Bertz CT molecular complexity index is 623. The molecule has 20 heavy (non-hydrogen) atoms. The van der Waals surface area contributed by atoms with Crippen molar-refractivity contribution in [2.75, 3.05) is 17.7 Å². The quantitative estimate of drug-likeness (QED) is 0.847. The summed E-state index contributed by atoms with van der Waals surface area (Å²) >= 11 is 0. The molecule has 1 heterocycles. The van der Waals surface area contributed by atoms with Crippen molar-refractivity contribution in [3.05, 3.63) is 47.7 Å². The average Bonchev–Trinajstić information content (AvgIpc) is 2.44. The second-order valence-corrected chi connectivity index (χ2v) is 3.74. The molecule has 5 nitrogen and oxygen atoms in total. The molecule has 0 bridgehead atoms. The molecule has 8 heteroatoms. The number of amides is 1. The zero-order valence-corrected chi connectivity index (χ0v) is 10.2. The molecule has 0 aliphatic rings. The monoisotopic (exact) mass is 282 g/mol. The van der Waals surface area contributed by atoms with Crippen LogP contribution in [0.3, 0.4) is 0 Å². The van der Waals surface area contributed by atoms with Gasteiger partial charge in [-0.15, -0.1) is 0 Å². The molecule has 0 spiro atoms. The number of benzene rings is 1. The molecule has 104 valence electrons. The van der Waals surface area contributed by atoms with Crippen molar-refractivity contribution in [1.82, 2.24) is 9.97 Å². The van der Waals surface area contributed by atoms with Crippen LogP contribution in [0.2, 0.25) is 0 Å². The van der Waals surface area contributed by atoms with E-state index >= 15 is 0 Å². The van der Waals surface area contributed by atoms with Crippen molar-refractivity contribution in [3.63, 3.8) is 0 Å². The lowest BCUT2D eigenvalue weighted by Crippen LogP contribution is -2.15. The smallest absolute Gasteiger partial charge is 0.275 e. The van der Waals surface area contributed by atoms with Crippen LogP contribution in [0.5, 0.6) is 0 Å². The summed E-state index contributed by atoms with van der Waals surface area (Å²) in [5, 5.41) is 4.91. The van der Waals surface area contributed by atoms with Gasteiger partial charge in [0.15, 0.2) is 17.5 Å². The fourth-order valence-corrected chi connectivity index (χ4v) is 1.40. The van der Waals surface area contributed by atoms with Crippen molar-refractivity contribution < 1.29 is 18.0 Å². The van der Waals surface area contributed by atoms with E-state index in [1.807, 2.05) is 0 Å². The number of hydrogen-bond donors (Lipinski definition) is 2. The second-order valence-electron chi connectivity index (χ2n) is 3.74. The molecule has 1 aromatic carbocycles. The van der Waals surface area contributed by atoms with E-state index in [1.54, 1.807) is 7.05 Å². The zero-order valence-electron chi connectivity index (χ0n) is 10.2. The number of anilines is 2.